The highest BCUT2D eigenvalue weighted by atomic mass is 79.9. The molecule has 0 aromatic heterocycles. The zero-order valence-electron chi connectivity index (χ0n) is 12.0. The second kappa shape index (κ2) is 7.19. The zero-order chi connectivity index (χ0) is 17.0. The lowest BCUT2D eigenvalue weighted by molar-refractivity contribution is -0.387. The van der Waals surface area contributed by atoms with Gasteiger partial charge in [0, 0.05) is 22.3 Å². The number of anilines is 1. The van der Waals surface area contributed by atoms with Crippen molar-refractivity contribution in [2.75, 3.05) is 11.9 Å². The maximum atomic E-state index is 13.4. The molecule has 2 aromatic carbocycles. The quantitative estimate of drug-likeness (QED) is 0.629. The van der Waals surface area contributed by atoms with E-state index in [1.54, 1.807) is 12.1 Å². The van der Waals surface area contributed by atoms with Gasteiger partial charge in [0.25, 0.3) is 5.91 Å². The summed E-state index contributed by atoms with van der Waals surface area (Å²) in [5.41, 5.74) is 0.970. The fourth-order valence-electron chi connectivity index (χ4n) is 1.74. The maximum absolute atomic E-state index is 13.4. The lowest BCUT2D eigenvalue weighted by atomic mass is 10.2. The first-order chi connectivity index (χ1) is 10.9. The van der Waals surface area contributed by atoms with Gasteiger partial charge < -0.3 is 10.1 Å². The number of aryl methyl sites for hydroxylation is 1. The summed E-state index contributed by atoms with van der Waals surface area (Å²) in [6, 6.07) is 8.42. The fourth-order valence-corrected chi connectivity index (χ4v) is 2.12. The molecule has 0 aliphatic carbocycles. The van der Waals surface area contributed by atoms with Gasteiger partial charge in [-0.3, -0.25) is 14.9 Å². The molecule has 0 spiro atoms. The third-order valence-electron chi connectivity index (χ3n) is 2.94. The van der Waals surface area contributed by atoms with Crippen LogP contribution in [0.1, 0.15) is 5.56 Å². The SMILES string of the molecule is Cc1ccc(NC(=O)COc2ccc([N+](=O)[O-])c(F)c2)cc1Br. The standard InChI is InChI=1S/C15H12BrFN2O4/c1-9-2-3-10(6-12(9)16)18-15(20)8-23-11-4-5-14(19(21)22)13(17)7-11/h2-7H,8H2,1H3,(H,18,20). The Kier molecular flexibility index (Phi) is 5.28. The number of nitro groups is 1. The Labute approximate surface area is 139 Å². The van der Waals surface area contributed by atoms with Crippen LogP contribution in [0.25, 0.3) is 0 Å². The molecule has 0 saturated carbocycles. The van der Waals surface area contributed by atoms with Crippen molar-refractivity contribution in [1.82, 2.24) is 0 Å². The maximum Gasteiger partial charge on any atom is 0.305 e. The molecule has 23 heavy (non-hydrogen) atoms. The topological polar surface area (TPSA) is 81.5 Å². The molecule has 0 saturated heterocycles. The number of nitrogens with one attached hydrogen (secondary N) is 1. The number of amides is 1. The van der Waals surface area contributed by atoms with Gasteiger partial charge in [-0.15, -0.1) is 0 Å². The van der Waals surface area contributed by atoms with E-state index in [1.807, 2.05) is 13.0 Å². The van der Waals surface area contributed by atoms with Crippen molar-refractivity contribution in [1.29, 1.82) is 0 Å². The number of nitrogens with zero attached hydrogens (tertiary/aromatic N) is 1. The molecule has 0 fully saturated rings. The van der Waals surface area contributed by atoms with Gasteiger partial charge >= 0.3 is 5.69 Å². The summed E-state index contributed by atoms with van der Waals surface area (Å²) in [6.45, 7) is 1.57. The molecule has 2 aromatic rings. The summed E-state index contributed by atoms with van der Waals surface area (Å²) < 4.78 is 19.4. The van der Waals surface area contributed by atoms with Crippen LogP contribution in [0.5, 0.6) is 5.75 Å². The number of hydrogen-bond acceptors (Lipinski definition) is 4. The summed E-state index contributed by atoms with van der Waals surface area (Å²) in [6.07, 6.45) is 0. The van der Waals surface area contributed by atoms with Gasteiger partial charge in [-0.1, -0.05) is 22.0 Å². The molecular weight excluding hydrogens is 371 g/mol. The second-order valence-corrected chi connectivity index (χ2v) is 5.53. The van der Waals surface area contributed by atoms with Gasteiger partial charge in [0.05, 0.1) is 4.92 Å². The van der Waals surface area contributed by atoms with Crippen LogP contribution in [-0.2, 0) is 4.79 Å². The number of rotatable bonds is 5. The second-order valence-electron chi connectivity index (χ2n) is 4.67. The largest absolute Gasteiger partial charge is 0.484 e. The normalized spacial score (nSPS) is 10.2. The number of ether oxygens (including phenoxy) is 1. The molecule has 0 bridgehead atoms. The van der Waals surface area contributed by atoms with E-state index in [9.17, 15) is 19.3 Å². The van der Waals surface area contributed by atoms with Gasteiger partial charge in [0.1, 0.15) is 5.75 Å². The lowest BCUT2D eigenvalue weighted by Crippen LogP contribution is -2.20. The molecule has 0 radical (unpaired) electrons. The van der Waals surface area contributed by atoms with Crippen molar-refractivity contribution in [3.8, 4) is 5.75 Å². The van der Waals surface area contributed by atoms with Crippen molar-refractivity contribution in [2.45, 2.75) is 6.92 Å². The first kappa shape index (κ1) is 16.9. The molecule has 8 heteroatoms. The van der Waals surface area contributed by atoms with E-state index < -0.39 is 22.3 Å². The first-order valence-electron chi connectivity index (χ1n) is 6.49. The van der Waals surface area contributed by atoms with Crippen LogP contribution in [0.15, 0.2) is 40.9 Å². The molecular formula is C15H12BrFN2O4. The lowest BCUT2D eigenvalue weighted by Gasteiger charge is -2.08. The Morgan fingerprint density at radius 1 is 1.35 bits per heavy atom. The zero-order valence-corrected chi connectivity index (χ0v) is 13.6. The predicted octanol–water partition coefficient (Wildman–Crippen LogP) is 3.82. The minimum Gasteiger partial charge on any atom is -0.484 e. The van der Waals surface area contributed by atoms with Crippen molar-refractivity contribution in [3.05, 3.63) is 62.4 Å². The minimum absolute atomic E-state index is 0.0355. The number of halogens is 2. The van der Waals surface area contributed by atoms with E-state index in [2.05, 4.69) is 21.2 Å². The Morgan fingerprint density at radius 2 is 2.09 bits per heavy atom. The van der Waals surface area contributed by atoms with Gasteiger partial charge in [0.15, 0.2) is 6.61 Å². The van der Waals surface area contributed by atoms with Crippen molar-refractivity contribution in [2.24, 2.45) is 0 Å². The Bertz CT molecular complexity index is 767. The predicted molar refractivity (Wildman–Crippen MR) is 86.1 cm³/mol. The minimum atomic E-state index is -1.02. The van der Waals surface area contributed by atoms with E-state index in [0.717, 1.165) is 22.2 Å². The van der Waals surface area contributed by atoms with Gasteiger partial charge in [-0.25, -0.2) is 0 Å². The van der Waals surface area contributed by atoms with E-state index in [4.69, 9.17) is 4.74 Å². The average Bonchev–Trinajstić information content (AvgIpc) is 2.48. The van der Waals surface area contributed by atoms with Gasteiger partial charge in [-0.05, 0) is 30.7 Å². The van der Waals surface area contributed by atoms with E-state index in [-0.39, 0.29) is 12.4 Å². The van der Waals surface area contributed by atoms with Crippen molar-refractivity contribution in [3.63, 3.8) is 0 Å². The molecule has 0 atom stereocenters. The van der Waals surface area contributed by atoms with E-state index >= 15 is 0 Å². The molecule has 0 unspecified atom stereocenters. The summed E-state index contributed by atoms with van der Waals surface area (Å²) >= 11 is 3.36. The third kappa shape index (κ3) is 4.49. The summed E-state index contributed by atoms with van der Waals surface area (Å²) in [5.74, 6) is -1.41. The average molecular weight is 383 g/mol. The molecule has 0 aliphatic rings. The fraction of sp³-hybridized carbons (Fsp3) is 0.133. The van der Waals surface area contributed by atoms with Crippen LogP contribution in [0.2, 0.25) is 0 Å². The van der Waals surface area contributed by atoms with Crippen LogP contribution in [-0.4, -0.2) is 17.4 Å². The van der Waals surface area contributed by atoms with Gasteiger partial charge in [0.2, 0.25) is 5.82 Å². The summed E-state index contributed by atoms with van der Waals surface area (Å²) in [5, 5.41) is 13.1. The molecule has 1 N–H and O–H groups in total. The van der Waals surface area contributed by atoms with Crippen LogP contribution in [0.4, 0.5) is 15.8 Å². The molecule has 2 rings (SSSR count). The van der Waals surface area contributed by atoms with Crippen LogP contribution < -0.4 is 10.1 Å². The monoisotopic (exact) mass is 382 g/mol. The Balaban J connectivity index is 1.95. The van der Waals surface area contributed by atoms with E-state index in [1.165, 1.54) is 6.07 Å². The molecule has 6 nitrogen and oxygen atoms in total. The number of carbonyl (C=O) groups excluding carboxylic acids is 1. The molecule has 1 amide bonds. The Hall–Kier alpha value is -2.48. The smallest absolute Gasteiger partial charge is 0.305 e. The molecule has 0 heterocycles. The number of hydrogen-bond donors (Lipinski definition) is 1. The van der Waals surface area contributed by atoms with Crippen LogP contribution in [0, 0.1) is 22.9 Å². The number of benzene rings is 2. The van der Waals surface area contributed by atoms with Gasteiger partial charge in [-0.2, -0.15) is 4.39 Å². The first-order valence-corrected chi connectivity index (χ1v) is 7.29. The summed E-state index contributed by atoms with van der Waals surface area (Å²) in [4.78, 5) is 21.5. The highest BCUT2D eigenvalue weighted by molar-refractivity contribution is 9.10. The van der Waals surface area contributed by atoms with Crippen LogP contribution >= 0.6 is 15.9 Å². The molecule has 120 valence electrons. The number of carbonyl (C=O) groups is 1. The third-order valence-corrected chi connectivity index (χ3v) is 3.80. The number of nitro benzene ring substituents is 1. The highest BCUT2D eigenvalue weighted by Gasteiger charge is 2.14. The van der Waals surface area contributed by atoms with Crippen LogP contribution in [0.3, 0.4) is 0 Å². The van der Waals surface area contributed by atoms with E-state index in [0.29, 0.717) is 5.69 Å². The molecule has 0 aliphatic heterocycles. The summed E-state index contributed by atoms with van der Waals surface area (Å²) in [7, 11) is 0. The Morgan fingerprint density at radius 3 is 2.70 bits per heavy atom. The van der Waals surface area contributed by atoms with Crippen molar-refractivity contribution >= 4 is 33.2 Å². The highest BCUT2D eigenvalue weighted by Crippen LogP contribution is 2.23. The van der Waals surface area contributed by atoms with Crippen molar-refractivity contribution < 1.29 is 18.8 Å².